The molecule has 9 heteroatoms. The molecular weight excluding hydrogens is 516 g/mol. The summed E-state index contributed by atoms with van der Waals surface area (Å²) in [5, 5.41) is 22.2. The first-order valence-corrected chi connectivity index (χ1v) is 13.5. The Balaban J connectivity index is 1.55. The van der Waals surface area contributed by atoms with Gasteiger partial charge in [0.25, 0.3) is 5.78 Å². The number of ether oxygens (including phenoxy) is 2. The molecule has 39 heavy (non-hydrogen) atoms. The number of carbonyl (C=O) groups excluding carboxylic acids is 2. The molecule has 2 aliphatic heterocycles. The number of nitrogens with zero attached hydrogens (tertiary/aromatic N) is 2. The minimum atomic E-state index is -0.991. The Labute approximate surface area is 228 Å². The van der Waals surface area contributed by atoms with Gasteiger partial charge in [-0.3, -0.25) is 14.5 Å². The maximum atomic E-state index is 13.6. The second kappa shape index (κ2) is 9.43. The van der Waals surface area contributed by atoms with Gasteiger partial charge >= 0.3 is 5.91 Å². The third-order valence-corrected chi connectivity index (χ3v) is 7.97. The first kappa shape index (κ1) is 24.9. The molecule has 2 atom stereocenters. The monoisotopic (exact) mass is 542 g/mol. The number of hydrogen-bond acceptors (Lipinski definition) is 8. The van der Waals surface area contributed by atoms with Crippen LogP contribution >= 0.6 is 11.3 Å². The van der Waals surface area contributed by atoms with E-state index >= 15 is 0 Å². The fraction of sp³-hybridized carbons (Fsp3) is 0.233. The van der Waals surface area contributed by atoms with Crippen molar-refractivity contribution < 1.29 is 29.3 Å². The molecule has 3 aromatic carbocycles. The van der Waals surface area contributed by atoms with E-state index in [9.17, 15) is 19.8 Å². The molecule has 0 aliphatic carbocycles. The van der Waals surface area contributed by atoms with Gasteiger partial charge in [0.1, 0.15) is 17.6 Å². The summed E-state index contributed by atoms with van der Waals surface area (Å²) >= 11 is 1.30. The zero-order chi connectivity index (χ0) is 27.4. The van der Waals surface area contributed by atoms with Crippen LogP contribution in [0.3, 0.4) is 0 Å². The van der Waals surface area contributed by atoms with Crippen molar-refractivity contribution in [2.45, 2.75) is 39.3 Å². The normalized spacial score (nSPS) is 19.9. The number of aromatic hydroxyl groups is 1. The van der Waals surface area contributed by atoms with Crippen molar-refractivity contribution in [3.05, 3.63) is 82.4 Å². The molecule has 0 bridgehead atoms. The summed E-state index contributed by atoms with van der Waals surface area (Å²) in [6, 6.07) is 14.7. The molecule has 198 valence electrons. The molecule has 0 spiro atoms. The highest BCUT2D eigenvalue weighted by Crippen LogP contribution is 2.46. The van der Waals surface area contributed by atoms with Gasteiger partial charge in [-0.05, 0) is 79.9 Å². The molecule has 4 aromatic rings. The Bertz CT molecular complexity index is 1690. The molecule has 6 rings (SSSR count). The third kappa shape index (κ3) is 4.19. The number of hydrogen-bond donors (Lipinski definition) is 2. The zero-order valence-corrected chi connectivity index (χ0v) is 22.4. The van der Waals surface area contributed by atoms with Crippen molar-refractivity contribution in [3.8, 4) is 17.2 Å². The molecule has 8 nitrogen and oxygen atoms in total. The molecule has 1 fully saturated rings. The lowest BCUT2D eigenvalue weighted by molar-refractivity contribution is -0.132. The average Bonchev–Trinajstić information content (AvgIpc) is 3.57. The number of anilines is 1. The van der Waals surface area contributed by atoms with Crippen molar-refractivity contribution in [2.75, 3.05) is 11.5 Å². The van der Waals surface area contributed by atoms with E-state index in [1.807, 2.05) is 32.0 Å². The Morgan fingerprint density at radius 1 is 1.15 bits per heavy atom. The number of aryl methyl sites for hydroxylation is 1. The predicted molar refractivity (Wildman–Crippen MR) is 149 cm³/mol. The molecular formula is C30H26N2O6S. The lowest BCUT2D eigenvalue weighted by atomic mass is 9.94. The van der Waals surface area contributed by atoms with Gasteiger partial charge in [-0.1, -0.05) is 23.5 Å². The van der Waals surface area contributed by atoms with Crippen LogP contribution in [0.5, 0.6) is 17.2 Å². The molecule has 0 unspecified atom stereocenters. The van der Waals surface area contributed by atoms with Crippen LogP contribution in [0.1, 0.15) is 42.1 Å². The second-order valence-corrected chi connectivity index (χ2v) is 10.8. The van der Waals surface area contributed by atoms with Gasteiger partial charge in [-0.25, -0.2) is 4.98 Å². The molecule has 0 radical (unpaired) electrons. The molecule has 1 saturated heterocycles. The number of phenolic OH excluding ortho intramolecular Hbond substituents is 1. The molecule has 1 aromatic heterocycles. The quantitative estimate of drug-likeness (QED) is 0.190. The second-order valence-electron chi connectivity index (χ2n) is 9.75. The van der Waals surface area contributed by atoms with E-state index < -0.39 is 17.7 Å². The first-order chi connectivity index (χ1) is 18.7. The van der Waals surface area contributed by atoms with Crippen LogP contribution in [0.2, 0.25) is 0 Å². The summed E-state index contributed by atoms with van der Waals surface area (Å²) in [5.74, 6) is -1.01. The molecule has 2 aliphatic rings. The number of aromatic nitrogens is 1. The van der Waals surface area contributed by atoms with E-state index in [1.54, 1.807) is 37.3 Å². The van der Waals surface area contributed by atoms with Gasteiger partial charge in [0.2, 0.25) is 0 Å². The highest BCUT2D eigenvalue weighted by molar-refractivity contribution is 7.22. The van der Waals surface area contributed by atoms with Gasteiger partial charge < -0.3 is 19.7 Å². The largest absolute Gasteiger partial charge is 0.507 e. The predicted octanol–water partition coefficient (Wildman–Crippen LogP) is 5.66. The van der Waals surface area contributed by atoms with E-state index in [0.29, 0.717) is 34.8 Å². The number of ketones is 1. The third-order valence-electron chi connectivity index (χ3n) is 6.95. The topological polar surface area (TPSA) is 109 Å². The number of fused-ring (bicyclic) bond motifs is 2. The van der Waals surface area contributed by atoms with Crippen LogP contribution in [-0.4, -0.2) is 39.6 Å². The summed E-state index contributed by atoms with van der Waals surface area (Å²) in [4.78, 5) is 33.2. The zero-order valence-electron chi connectivity index (χ0n) is 21.6. The maximum absolute atomic E-state index is 13.6. The Morgan fingerprint density at radius 3 is 2.77 bits per heavy atom. The van der Waals surface area contributed by atoms with Crippen molar-refractivity contribution in [1.29, 1.82) is 0 Å². The number of amides is 1. The lowest BCUT2D eigenvalue weighted by Crippen LogP contribution is -2.29. The van der Waals surface area contributed by atoms with Crippen molar-refractivity contribution in [3.63, 3.8) is 0 Å². The van der Waals surface area contributed by atoms with Crippen LogP contribution in [0.15, 0.2) is 60.2 Å². The van der Waals surface area contributed by atoms with Gasteiger partial charge in [0.15, 0.2) is 16.6 Å². The number of Topliss-reactive ketones (excluding diaryl/α,β-unsaturated/α-hetero) is 1. The van der Waals surface area contributed by atoms with Gasteiger partial charge in [-0.15, -0.1) is 0 Å². The van der Waals surface area contributed by atoms with Crippen LogP contribution in [0, 0.1) is 6.92 Å². The molecule has 1 amide bonds. The van der Waals surface area contributed by atoms with Gasteiger partial charge in [0.05, 0.1) is 28.4 Å². The SMILES string of the molecule is CCOc1cc([C@H]2C(=C(O)c3ccc4c(c3)C[C@H](C)O4)C(=O)C(=O)N2c2nc3ccc(C)cc3s2)ccc1O. The van der Waals surface area contributed by atoms with Crippen LogP contribution < -0.4 is 14.4 Å². The standard InChI is InChI=1S/C30H26N2O6S/c1-4-37-23-14-17(6-9-21(23)33)26-25(27(34)18-7-10-22-19(13-18)12-16(3)38-22)28(35)29(36)32(26)30-31-20-8-5-15(2)11-24(20)39-30/h5-11,13-14,16,26,33-34H,4,12H2,1-3H3/t16-,26-/m0/s1. The minimum absolute atomic E-state index is 0.0135. The van der Waals surface area contributed by atoms with Crippen molar-refractivity contribution >= 4 is 44.1 Å². The van der Waals surface area contributed by atoms with E-state index in [0.717, 1.165) is 21.6 Å². The molecule has 0 saturated carbocycles. The molecule has 3 heterocycles. The average molecular weight is 543 g/mol. The Kier molecular flexibility index (Phi) is 6.03. The van der Waals surface area contributed by atoms with Crippen molar-refractivity contribution in [2.24, 2.45) is 0 Å². The minimum Gasteiger partial charge on any atom is -0.507 e. The van der Waals surface area contributed by atoms with Crippen LogP contribution in [-0.2, 0) is 16.0 Å². The molecule has 2 N–H and O–H groups in total. The summed E-state index contributed by atoms with van der Waals surface area (Å²) < 4.78 is 12.2. The summed E-state index contributed by atoms with van der Waals surface area (Å²) in [5.41, 5.74) is 3.52. The highest BCUT2D eigenvalue weighted by atomic mass is 32.1. The number of aliphatic hydroxyl groups is 1. The van der Waals surface area contributed by atoms with Gasteiger partial charge in [0, 0.05) is 12.0 Å². The van der Waals surface area contributed by atoms with E-state index in [2.05, 4.69) is 4.98 Å². The number of phenols is 1. The van der Waals surface area contributed by atoms with E-state index in [-0.39, 0.29) is 28.9 Å². The number of rotatable bonds is 5. The van der Waals surface area contributed by atoms with Crippen LogP contribution in [0.25, 0.3) is 16.0 Å². The summed E-state index contributed by atoms with van der Waals surface area (Å²) in [6.07, 6.45) is 0.689. The van der Waals surface area contributed by atoms with Gasteiger partial charge in [-0.2, -0.15) is 0 Å². The fourth-order valence-corrected chi connectivity index (χ4v) is 6.26. The van der Waals surface area contributed by atoms with Crippen molar-refractivity contribution in [1.82, 2.24) is 4.98 Å². The number of thiazole rings is 1. The van der Waals surface area contributed by atoms with E-state index in [1.165, 1.54) is 22.3 Å². The summed E-state index contributed by atoms with van der Waals surface area (Å²) in [7, 11) is 0. The number of aliphatic hydroxyl groups excluding tert-OH is 1. The number of benzene rings is 3. The summed E-state index contributed by atoms with van der Waals surface area (Å²) in [6.45, 7) is 6.04. The lowest BCUT2D eigenvalue weighted by Gasteiger charge is -2.23. The Morgan fingerprint density at radius 2 is 1.97 bits per heavy atom. The van der Waals surface area contributed by atoms with Crippen LogP contribution in [0.4, 0.5) is 5.13 Å². The number of carbonyl (C=O) groups is 2. The fourth-order valence-electron chi connectivity index (χ4n) is 5.16. The highest BCUT2D eigenvalue weighted by Gasteiger charge is 2.48. The Hall–Kier alpha value is -4.37. The smallest absolute Gasteiger partial charge is 0.301 e. The maximum Gasteiger partial charge on any atom is 0.301 e. The van der Waals surface area contributed by atoms with E-state index in [4.69, 9.17) is 9.47 Å². The first-order valence-electron chi connectivity index (χ1n) is 12.7.